The molecule has 4 aromatic rings. The van der Waals surface area contributed by atoms with Gasteiger partial charge in [-0.1, -0.05) is 47.2 Å². The standard InChI is InChI=1S/C24H18BrN3O3S/c1-14-7-12-18(15(2)13-14)22-21(16-8-10-17(11-9-16)28(30)31)26-24(32-22)27-23(29)19-5-3-4-6-20(19)25/h3-13H,1-2H3,(H,26,27,29). The molecule has 4 rings (SSSR count). The summed E-state index contributed by atoms with van der Waals surface area (Å²) in [6.07, 6.45) is 0. The van der Waals surface area contributed by atoms with Crippen molar-refractivity contribution in [3.8, 4) is 21.7 Å². The van der Waals surface area contributed by atoms with Crippen LogP contribution in [0.3, 0.4) is 0 Å². The highest BCUT2D eigenvalue weighted by Crippen LogP contribution is 2.41. The number of benzene rings is 3. The van der Waals surface area contributed by atoms with Crippen LogP contribution in [0, 0.1) is 24.0 Å². The quantitative estimate of drug-likeness (QED) is 0.232. The Morgan fingerprint density at radius 2 is 1.78 bits per heavy atom. The van der Waals surface area contributed by atoms with Crippen LogP contribution in [-0.2, 0) is 0 Å². The van der Waals surface area contributed by atoms with Gasteiger partial charge in [-0.25, -0.2) is 4.98 Å². The molecule has 0 saturated carbocycles. The van der Waals surface area contributed by atoms with Gasteiger partial charge in [-0.15, -0.1) is 0 Å². The smallest absolute Gasteiger partial charge is 0.269 e. The van der Waals surface area contributed by atoms with Gasteiger partial charge in [-0.05, 0) is 65.2 Å². The molecule has 1 aromatic heterocycles. The van der Waals surface area contributed by atoms with Crippen molar-refractivity contribution >= 4 is 44.0 Å². The van der Waals surface area contributed by atoms with E-state index in [1.54, 1.807) is 30.3 Å². The fourth-order valence-electron chi connectivity index (χ4n) is 3.37. The van der Waals surface area contributed by atoms with Crippen LogP contribution in [0.4, 0.5) is 10.8 Å². The molecule has 0 atom stereocenters. The SMILES string of the molecule is Cc1ccc(-c2sc(NC(=O)c3ccccc3Br)nc2-c2ccc([N+](=O)[O-])cc2)c(C)c1. The second-order valence-electron chi connectivity index (χ2n) is 7.25. The van der Waals surface area contributed by atoms with Crippen molar-refractivity contribution in [1.29, 1.82) is 0 Å². The van der Waals surface area contributed by atoms with Crippen LogP contribution >= 0.6 is 27.3 Å². The molecule has 160 valence electrons. The van der Waals surface area contributed by atoms with Crippen LogP contribution in [0.15, 0.2) is 71.2 Å². The minimum absolute atomic E-state index is 0.0134. The van der Waals surface area contributed by atoms with E-state index in [0.29, 0.717) is 20.9 Å². The number of thiazole rings is 1. The Bertz CT molecular complexity index is 1330. The molecule has 0 bridgehead atoms. The molecule has 8 heteroatoms. The van der Waals surface area contributed by atoms with Crippen molar-refractivity contribution in [2.45, 2.75) is 13.8 Å². The summed E-state index contributed by atoms with van der Waals surface area (Å²) >= 11 is 4.78. The molecule has 0 saturated heterocycles. The highest BCUT2D eigenvalue weighted by Gasteiger charge is 2.20. The molecular formula is C24H18BrN3O3S. The number of halogens is 1. The first kappa shape index (κ1) is 21.9. The summed E-state index contributed by atoms with van der Waals surface area (Å²) in [5.41, 5.74) is 5.16. The van der Waals surface area contributed by atoms with Crippen molar-refractivity contribution in [1.82, 2.24) is 4.98 Å². The van der Waals surface area contributed by atoms with Crippen molar-refractivity contribution < 1.29 is 9.72 Å². The molecular weight excluding hydrogens is 490 g/mol. The number of nitrogens with one attached hydrogen (secondary N) is 1. The Labute approximate surface area is 197 Å². The van der Waals surface area contributed by atoms with E-state index < -0.39 is 4.92 Å². The molecule has 0 aliphatic heterocycles. The van der Waals surface area contributed by atoms with Crippen LogP contribution in [0.25, 0.3) is 21.7 Å². The Hall–Kier alpha value is -3.36. The number of amides is 1. The van der Waals surface area contributed by atoms with Crippen LogP contribution in [0.5, 0.6) is 0 Å². The number of aromatic nitrogens is 1. The van der Waals surface area contributed by atoms with Gasteiger partial charge in [0.05, 0.1) is 21.1 Å². The number of anilines is 1. The zero-order chi connectivity index (χ0) is 22.8. The molecule has 32 heavy (non-hydrogen) atoms. The Kier molecular flexibility index (Phi) is 6.16. The fraction of sp³-hybridized carbons (Fsp3) is 0.0833. The highest BCUT2D eigenvalue weighted by molar-refractivity contribution is 9.10. The van der Waals surface area contributed by atoms with Gasteiger partial charge in [-0.3, -0.25) is 20.2 Å². The van der Waals surface area contributed by atoms with Crippen molar-refractivity contribution in [3.63, 3.8) is 0 Å². The molecule has 0 spiro atoms. The lowest BCUT2D eigenvalue weighted by molar-refractivity contribution is -0.384. The maximum atomic E-state index is 12.8. The second kappa shape index (κ2) is 9.02. The summed E-state index contributed by atoms with van der Waals surface area (Å²) in [7, 11) is 0. The van der Waals surface area contributed by atoms with Crippen LogP contribution < -0.4 is 5.32 Å². The van der Waals surface area contributed by atoms with E-state index >= 15 is 0 Å². The number of hydrogen-bond acceptors (Lipinski definition) is 5. The molecule has 1 heterocycles. The van der Waals surface area contributed by atoms with Crippen molar-refractivity contribution in [3.05, 3.63) is 98.0 Å². The van der Waals surface area contributed by atoms with E-state index in [0.717, 1.165) is 27.1 Å². The molecule has 1 N–H and O–H groups in total. The minimum atomic E-state index is -0.431. The molecule has 0 aliphatic carbocycles. The van der Waals surface area contributed by atoms with E-state index in [4.69, 9.17) is 4.98 Å². The van der Waals surface area contributed by atoms with Crippen molar-refractivity contribution in [2.75, 3.05) is 5.32 Å². The van der Waals surface area contributed by atoms with E-state index in [1.807, 2.05) is 32.0 Å². The molecule has 0 fully saturated rings. The van der Waals surface area contributed by atoms with E-state index in [1.165, 1.54) is 23.5 Å². The Morgan fingerprint density at radius 3 is 2.44 bits per heavy atom. The average Bonchev–Trinajstić information content (AvgIpc) is 3.17. The zero-order valence-electron chi connectivity index (χ0n) is 17.3. The third-order valence-corrected chi connectivity index (χ3v) is 6.64. The average molecular weight is 508 g/mol. The Morgan fingerprint density at radius 1 is 1.06 bits per heavy atom. The number of rotatable bonds is 5. The topological polar surface area (TPSA) is 85.1 Å². The predicted molar refractivity (Wildman–Crippen MR) is 131 cm³/mol. The maximum absolute atomic E-state index is 12.8. The van der Waals surface area contributed by atoms with Gasteiger partial charge in [0.15, 0.2) is 5.13 Å². The van der Waals surface area contributed by atoms with Crippen LogP contribution in [0.2, 0.25) is 0 Å². The monoisotopic (exact) mass is 507 g/mol. The van der Waals surface area contributed by atoms with Gasteiger partial charge in [0.25, 0.3) is 11.6 Å². The predicted octanol–water partition coefficient (Wildman–Crippen LogP) is 7.02. The van der Waals surface area contributed by atoms with Gasteiger partial charge in [0, 0.05) is 22.2 Å². The lowest BCUT2D eigenvalue weighted by Crippen LogP contribution is -2.12. The number of non-ortho nitro benzene ring substituents is 1. The number of nitro groups is 1. The number of aryl methyl sites for hydroxylation is 2. The molecule has 3 aromatic carbocycles. The second-order valence-corrected chi connectivity index (χ2v) is 9.11. The zero-order valence-corrected chi connectivity index (χ0v) is 19.7. The summed E-state index contributed by atoms with van der Waals surface area (Å²) in [6, 6.07) is 19.6. The van der Waals surface area contributed by atoms with Gasteiger partial charge >= 0.3 is 0 Å². The van der Waals surface area contributed by atoms with Gasteiger partial charge in [-0.2, -0.15) is 0 Å². The summed E-state index contributed by atoms with van der Waals surface area (Å²) in [5.74, 6) is -0.270. The van der Waals surface area contributed by atoms with Gasteiger partial charge in [0.1, 0.15) is 0 Å². The van der Waals surface area contributed by atoms with E-state index in [2.05, 4.69) is 27.3 Å². The minimum Gasteiger partial charge on any atom is -0.298 e. The van der Waals surface area contributed by atoms with Crippen molar-refractivity contribution in [2.24, 2.45) is 0 Å². The lowest BCUT2D eigenvalue weighted by Gasteiger charge is -2.07. The first-order valence-electron chi connectivity index (χ1n) is 9.72. The van der Waals surface area contributed by atoms with Gasteiger partial charge < -0.3 is 0 Å². The summed E-state index contributed by atoms with van der Waals surface area (Å²) in [6.45, 7) is 4.06. The molecule has 1 amide bonds. The largest absolute Gasteiger partial charge is 0.298 e. The fourth-order valence-corrected chi connectivity index (χ4v) is 4.91. The number of nitrogens with zero attached hydrogens (tertiary/aromatic N) is 2. The summed E-state index contributed by atoms with van der Waals surface area (Å²) < 4.78 is 0.694. The van der Waals surface area contributed by atoms with Gasteiger partial charge in [0.2, 0.25) is 0 Å². The number of hydrogen-bond donors (Lipinski definition) is 1. The van der Waals surface area contributed by atoms with Crippen LogP contribution in [0.1, 0.15) is 21.5 Å². The number of carbonyl (C=O) groups is 1. The first-order valence-corrected chi connectivity index (χ1v) is 11.3. The molecule has 6 nitrogen and oxygen atoms in total. The third kappa shape index (κ3) is 4.46. The maximum Gasteiger partial charge on any atom is 0.269 e. The third-order valence-electron chi connectivity index (χ3n) is 4.94. The number of carbonyl (C=O) groups excluding carboxylic acids is 1. The first-order chi connectivity index (χ1) is 15.3. The molecule has 0 radical (unpaired) electrons. The summed E-state index contributed by atoms with van der Waals surface area (Å²) in [4.78, 5) is 29.0. The number of nitro benzene ring substituents is 1. The molecule has 0 aliphatic rings. The lowest BCUT2D eigenvalue weighted by atomic mass is 10.0. The van der Waals surface area contributed by atoms with E-state index in [-0.39, 0.29) is 11.6 Å². The van der Waals surface area contributed by atoms with E-state index in [9.17, 15) is 14.9 Å². The molecule has 0 unspecified atom stereocenters. The Balaban J connectivity index is 1.78. The van der Waals surface area contributed by atoms with Crippen LogP contribution in [-0.4, -0.2) is 15.8 Å². The normalized spacial score (nSPS) is 10.7. The highest BCUT2D eigenvalue weighted by atomic mass is 79.9. The summed E-state index contributed by atoms with van der Waals surface area (Å²) in [5, 5.41) is 14.4.